The van der Waals surface area contributed by atoms with Crippen LogP contribution in [0, 0.1) is 0 Å². The molecule has 9 heteroatoms. The van der Waals surface area contributed by atoms with Crippen LogP contribution in [-0.4, -0.2) is 36.9 Å². The molecule has 0 bridgehead atoms. The van der Waals surface area contributed by atoms with Crippen LogP contribution >= 0.6 is 0 Å². The largest absolute Gasteiger partial charge is 0.495 e. The number of nitrogens with one attached hydrogen (secondary N) is 1. The molecule has 0 unspecified atom stereocenters. The number of nitrogens with two attached hydrogens (primary N) is 1. The number of methoxy groups -OCH3 is 4. The summed E-state index contributed by atoms with van der Waals surface area (Å²) in [7, 11) is 2.35. The highest BCUT2D eigenvalue weighted by molar-refractivity contribution is 7.92. The highest BCUT2D eigenvalue weighted by Gasteiger charge is 2.16. The molecule has 0 aliphatic rings. The van der Waals surface area contributed by atoms with E-state index in [0.29, 0.717) is 28.7 Å². The predicted molar refractivity (Wildman–Crippen MR) is 130 cm³/mol. The van der Waals surface area contributed by atoms with Crippen molar-refractivity contribution in [3.8, 4) is 23.0 Å². The zero-order valence-corrected chi connectivity index (χ0v) is 19.6. The van der Waals surface area contributed by atoms with Gasteiger partial charge in [-0.25, -0.2) is 8.42 Å². The number of sulfonamides is 1. The normalized spacial score (nSPS) is 11.3. The average molecular weight is 471 g/mol. The molecule has 0 saturated heterocycles. The molecule has 0 radical (unpaired) electrons. The average Bonchev–Trinajstić information content (AvgIpc) is 2.82. The van der Waals surface area contributed by atoms with E-state index in [0.717, 1.165) is 11.1 Å². The summed E-state index contributed by atoms with van der Waals surface area (Å²) in [5.41, 5.74) is 8.23. The number of benzene rings is 3. The second-order valence-electron chi connectivity index (χ2n) is 6.92. The van der Waals surface area contributed by atoms with E-state index in [1.807, 2.05) is 24.3 Å². The summed E-state index contributed by atoms with van der Waals surface area (Å²) in [6.45, 7) is 0. The van der Waals surface area contributed by atoms with Crippen molar-refractivity contribution in [1.29, 1.82) is 0 Å². The lowest BCUT2D eigenvalue weighted by Gasteiger charge is -2.12. The van der Waals surface area contributed by atoms with Gasteiger partial charge in [-0.3, -0.25) is 4.72 Å². The van der Waals surface area contributed by atoms with Crippen molar-refractivity contribution in [1.82, 2.24) is 0 Å². The Morgan fingerprint density at radius 2 is 1.30 bits per heavy atom. The third-order valence-electron chi connectivity index (χ3n) is 4.83. The molecule has 33 heavy (non-hydrogen) atoms. The van der Waals surface area contributed by atoms with Crippen molar-refractivity contribution in [2.75, 3.05) is 38.9 Å². The minimum absolute atomic E-state index is 0.0483. The van der Waals surface area contributed by atoms with Gasteiger partial charge in [-0.05, 0) is 53.6 Å². The van der Waals surface area contributed by atoms with Gasteiger partial charge in [-0.2, -0.15) is 0 Å². The summed E-state index contributed by atoms with van der Waals surface area (Å²) in [6.07, 6.45) is 3.78. The summed E-state index contributed by atoms with van der Waals surface area (Å²) < 4.78 is 49.0. The van der Waals surface area contributed by atoms with Gasteiger partial charge < -0.3 is 24.7 Å². The third-order valence-corrected chi connectivity index (χ3v) is 6.21. The molecule has 174 valence electrons. The lowest BCUT2D eigenvalue weighted by molar-refractivity contribution is 0.324. The number of hydrogen-bond donors (Lipinski definition) is 2. The number of anilines is 2. The van der Waals surface area contributed by atoms with Crippen molar-refractivity contribution in [2.24, 2.45) is 0 Å². The molecule has 0 aromatic heterocycles. The lowest BCUT2D eigenvalue weighted by atomic mass is 10.1. The quantitative estimate of drug-likeness (QED) is 0.355. The van der Waals surface area contributed by atoms with Gasteiger partial charge >= 0.3 is 0 Å². The second-order valence-corrected chi connectivity index (χ2v) is 8.61. The first kappa shape index (κ1) is 23.8. The Bertz CT molecular complexity index is 1230. The Morgan fingerprint density at radius 3 is 1.82 bits per heavy atom. The molecule has 0 saturated carbocycles. The Hall–Kier alpha value is -3.85. The fourth-order valence-corrected chi connectivity index (χ4v) is 4.24. The molecular weight excluding hydrogens is 444 g/mol. The Kier molecular flexibility index (Phi) is 7.34. The van der Waals surface area contributed by atoms with E-state index in [9.17, 15) is 8.42 Å². The van der Waals surface area contributed by atoms with E-state index in [-0.39, 0.29) is 10.6 Å². The fraction of sp³-hybridized carbons (Fsp3) is 0.167. The van der Waals surface area contributed by atoms with Crippen molar-refractivity contribution in [3.05, 3.63) is 65.7 Å². The molecule has 0 spiro atoms. The number of ether oxygens (including phenoxy) is 4. The monoisotopic (exact) mass is 470 g/mol. The van der Waals surface area contributed by atoms with E-state index < -0.39 is 10.0 Å². The maximum atomic E-state index is 12.7. The van der Waals surface area contributed by atoms with Gasteiger partial charge in [0.15, 0.2) is 11.5 Å². The Morgan fingerprint density at radius 1 is 0.727 bits per heavy atom. The van der Waals surface area contributed by atoms with E-state index in [1.165, 1.54) is 25.3 Å². The molecule has 8 nitrogen and oxygen atoms in total. The third kappa shape index (κ3) is 5.50. The maximum absolute atomic E-state index is 12.7. The Labute approximate surface area is 193 Å². The van der Waals surface area contributed by atoms with Gasteiger partial charge in [0, 0.05) is 5.69 Å². The van der Waals surface area contributed by atoms with Crippen molar-refractivity contribution in [3.63, 3.8) is 0 Å². The number of rotatable bonds is 9. The van der Waals surface area contributed by atoms with Crippen LogP contribution in [0.1, 0.15) is 11.1 Å². The van der Waals surface area contributed by atoms with Crippen LogP contribution in [0.25, 0.3) is 12.2 Å². The van der Waals surface area contributed by atoms with E-state index in [1.54, 1.807) is 45.6 Å². The molecule has 0 heterocycles. The maximum Gasteiger partial charge on any atom is 0.261 e. The fourth-order valence-electron chi connectivity index (χ4n) is 3.15. The van der Waals surface area contributed by atoms with Crippen molar-refractivity contribution < 1.29 is 27.4 Å². The van der Waals surface area contributed by atoms with Gasteiger partial charge in [0.25, 0.3) is 10.0 Å². The summed E-state index contributed by atoms with van der Waals surface area (Å²) >= 11 is 0. The number of nitrogen functional groups attached to an aromatic ring is 1. The molecule has 0 amide bonds. The SMILES string of the molecule is COc1ccc(S(=O)(=O)Nc2ccc(C=Cc3cc(OC)c(OC)c(OC)c3)cc2)cc1N. The standard InChI is InChI=1S/C24H26N2O6S/c1-29-21-12-11-19(15-20(21)25)33(27,28)26-18-9-7-16(8-10-18)5-6-17-13-22(30-2)24(32-4)23(14-17)31-3/h5-15,26H,25H2,1-4H3. The van der Waals surface area contributed by atoms with Gasteiger partial charge in [-0.15, -0.1) is 0 Å². The first-order valence-corrected chi connectivity index (χ1v) is 11.3. The van der Waals surface area contributed by atoms with Crippen LogP contribution in [0.5, 0.6) is 23.0 Å². The molecule has 0 aliphatic heterocycles. The van der Waals surface area contributed by atoms with Crippen molar-refractivity contribution in [2.45, 2.75) is 4.90 Å². The van der Waals surface area contributed by atoms with Gasteiger partial charge in [0.2, 0.25) is 5.75 Å². The molecular formula is C24H26N2O6S. The molecule has 3 aromatic carbocycles. The highest BCUT2D eigenvalue weighted by atomic mass is 32.2. The molecule has 0 atom stereocenters. The summed E-state index contributed by atoms with van der Waals surface area (Å²) in [5.74, 6) is 2.05. The highest BCUT2D eigenvalue weighted by Crippen LogP contribution is 2.38. The first-order chi connectivity index (χ1) is 15.8. The summed E-state index contributed by atoms with van der Waals surface area (Å²) in [4.78, 5) is 0.0483. The minimum Gasteiger partial charge on any atom is -0.495 e. The van der Waals surface area contributed by atoms with Crippen LogP contribution in [0.15, 0.2) is 59.5 Å². The molecule has 0 aliphatic carbocycles. The first-order valence-electron chi connectivity index (χ1n) is 9.85. The second kappa shape index (κ2) is 10.2. The molecule has 3 aromatic rings. The van der Waals surface area contributed by atoms with Crippen LogP contribution in [-0.2, 0) is 10.0 Å². The predicted octanol–water partition coefficient (Wildman–Crippen LogP) is 4.27. The minimum atomic E-state index is -3.79. The van der Waals surface area contributed by atoms with E-state index >= 15 is 0 Å². The molecule has 3 N–H and O–H groups in total. The summed E-state index contributed by atoms with van der Waals surface area (Å²) in [5, 5.41) is 0. The van der Waals surface area contributed by atoms with Crippen LogP contribution in [0.2, 0.25) is 0 Å². The molecule has 0 fully saturated rings. The molecule has 3 rings (SSSR count). The van der Waals surface area contributed by atoms with Gasteiger partial charge in [0.05, 0.1) is 39.0 Å². The van der Waals surface area contributed by atoms with Gasteiger partial charge in [-0.1, -0.05) is 24.3 Å². The zero-order valence-electron chi connectivity index (χ0n) is 18.8. The van der Waals surface area contributed by atoms with Crippen LogP contribution < -0.4 is 29.4 Å². The van der Waals surface area contributed by atoms with Crippen LogP contribution in [0.3, 0.4) is 0 Å². The van der Waals surface area contributed by atoms with E-state index in [4.69, 9.17) is 24.7 Å². The summed E-state index contributed by atoms with van der Waals surface area (Å²) in [6, 6.07) is 14.9. The Balaban J connectivity index is 1.77. The lowest BCUT2D eigenvalue weighted by Crippen LogP contribution is -2.13. The van der Waals surface area contributed by atoms with Crippen molar-refractivity contribution >= 4 is 33.6 Å². The van der Waals surface area contributed by atoms with Crippen LogP contribution in [0.4, 0.5) is 11.4 Å². The van der Waals surface area contributed by atoms with E-state index in [2.05, 4.69) is 4.72 Å². The smallest absolute Gasteiger partial charge is 0.261 e. The van der Waals surface area contributed by atoms with Gasteiger partial charge in [0.1, 0.15) is 5.75 Å². The number of hydrogen-bond acceptors (Lipinski definition) is 7. The zero-order chi connectivity index (χ0) is 24.0. The topological polar surface area (TPSA) is 109 Å².